The van der Waals surface area contributed by atoms with Gasteiger partial charge in [-0.1, -0.05) is 30.3 Å². The Balaban J connectivity index is 2.03. The molecule has 5 nitrogen and oxygen atoms in total. The maximum atomic E-state index is 11.4. The first kappa shape index (κ1) is 15.7. The van der Waals surface area contributed by atoms with E-state index >= 15 is 0 Å². The van der Waals surface area contributed by atoms with Crippen LogP contribution in [0.2, 0.25) is 0 Å². The summed E-state index contributed by atoms with van der Waals surface area (Å²) in [5.41, 5.74) is 2.66. The van der Waals surface area contributed by atoms with Gasteiger partial charge in [0.2, 0.25) is 5.76 Å². The molecule has 0 amide bonds. The van der Waals surface area contributed by atoms with Crippen molar-refractivity contribution in [3.8, 4) is 0 Å². The number of esters is 1. The fourth-order valence-electron chi connectivity index (χ4n) is 1.97. The van der Waals surface area contributed by atoms with Gasteiger partial charge in [0.15, 0.2) is 0 Å². The molecule has 0 spiro atoms. The SMILES string of the molecule is CCOC(=O)/C(O)=C/c1cc(CCc2ccccc2)cnn1. The highest BCUT2D eigenvalue weighted by atomic mass is 16.5. The van der Waals surface area contributed by atoms with Gasteiger partial charge in [0.25, 0.3) is 0 Å². The van der Waals surface area contributed by atoms with Crippen molar-refractivity contribution >= 4 is 12.0 Å². The summed E-state index contributed by atoms with van der Waals surface area (Å²) in [5.74, 6) is -1.24. The van der Waals surface area contributed by atoms with Gasteiger partial charge in [0.05, 0.1) is 18.5 Å². The lowest BCUT2D eigenvalue weighted by molar-refractivity contribution is -0.141. The third kappa shape index (κ3) is 4.70. The molecule has 114 valence electrons. The summed E-state index contributed by atoms with van der Waals surface area (Å²) in [6, 6.07) is 11.9. The third-order valence-electron chi connectivity index (χ3n) is 3.04. The molecule has 0 unspecified atom stereocenters. The van der Waals surface area contributed by atoms with Crippen molar-refractivity contribution in [1.29, 1.82) is 0 Å². The van der Waals surface area contributed by atoms with Crippen LogP contribution in [0.4, 0.5) is 0 Å². The molecule has 0 atom stereocenters. The fourth-order valence-corrected chi connectivity index (χ4v) is 1.97. The molecule has 0 bridgehead atoms. The van der Waals surface area contributed by atoms with Crippen molar-refractivity contribution in [2.45, 2.75) is 19.8 Å². The lowest BCUT2D eigenvalue weighted by atomic mass is 10.1. The number of nitrogens with zero attached hydrogens (tertiary/aromatic N) is 2. The van der Waals surface area contributed by atoms with Crippen LogP contribution in [0, 0.1) is 0 Å². The minimum Gasteiger partial charge on any atom is -0.502 e. The Morgan fingerprint density at radius 2 is 1.95 bits per heavy atom. The standard InChI is InChI=1S/C17H18N2O3/c1-2-22-17(21)16(20)11-15-10-14(12-18-19-15)9-8-13-6-4-3-5-7-13/h3-7,10-12,20H,2,8-9H2,1H3/b16-11-. The maximum Gasteiger partial charge on any atom is 0.373 e. The van der Waals surface area contributed by atoms with Crippen molar-refractivity contribution in [1.82, 2.24) is 10.2 Å². The largest absolute Gasteiger partial charge is 0.502 e. The van der Waals surface area contributed by atoms with E-state index in [0.29, 0.717) is 5.69 Å². The predicted molar refractivity (Wildman–Crippen MR) is 83.1 cm³/mol. The van der Waals surface area contributed by atoms with Crippen LogP contribution in [0.1, 0.15) is 23.7 Å². The van der Waals surface area contributed by atoms with E-state index in [-0.39, 0.29) is 6.61 Å². The number of aliphatic hydroxyl groups excluding tert-OH is 1. The second kappa shape index (κ2) is 7.93. The molecule has 0 saturated carbocycles. The second-order valence-corrected chi connectivity index (χ2v) is 4.72. The number of carbonyl (C=O) groups is 1. The molecular weight excluding hydrogens is 280 g/mol. The Labute approximate surface area is 129 Å². The number of hydrogen-bond donors (Lipinski definition) is 1. The van der Waals surface area contributed by atoms with Gasteiger partial charge in [-0.15, -0.1) is 0 Å². The molecule has 0 fully saturated rings. The topological polar surface area (TPSA) is 72.3 Å². The third-order valence-corrected chi connectivity index (χ3v) is 3.04. The first-order chi connectivity index (χ1) is 10.7. The van der Waals surface area contributed by atoms with Gasteiger partial charge in [0.1, 0.15) is 0 Å². The number of aryl methyl sites for hydroxylation is 2. The molecule has 0 saturated heterocycles. The molecule has 0 aliphatic heterocycles. The molecule has 1 heterocycles. The van der Waals surface area contributed by atoms with Gasteiger partial charge in [-0.05, 0) is 37.0 Å². The van der Waals surface area contributed by atoms with Crippen molar-refractivity contribution < 1.29 is 14.6 Å². The Morgan fingerprint density at radius 3 is 2.68 bits per heavy atom. The van der Waals surface area contributed by atoms with Gasteiger partial charge in [-0.2, -0.15) is 10.2 Å². The van der Waals surface area contributed by atoms with Gasteiger partial charge < -0.3 is 9.84 Å². The normalized spacial score (nSPS) is 11.2. The highest BCUT2D eigenvalue weighted by Gasteiger charge is 2.09. The monoisotopic (exact) mass is 298 g/mol. The molecule has 0 aliphatic rings. The van der Waals surface area contributed by atoms with Crippen molar-refractivity contribution in [3.05, 3.63) is 65.2 Å². The average molecular weight is 298 g/mol. The molecule has 1 aromatic carbocycles. The molecule has 0 aliphatic carbocycles. The van der Waals surface area contributed by atoms with E-state index in [1.807, 2.05) is 18.2 Å². The predicted octanol–water partition coefficient (Wildman–Crippen LogP) is 2.72. The Bertz CT molecular complexity index is 654. The molecule has 5 heteroatoms. The first-order valence-electron chi connectivity index (χ1n) is 7.12. The quantitative estimate of drug-likeness (QED) is 0.504. The van der Waals surface area contributed by atoms with E-state index in [1.165, 1.54) is 11.6 Å². The molecule has 2 aromatic rings. The minimum absolute atomic E-state index is 0.208. The number of benzene rings is 1. The molecular formula is C17H18N2O3. The number of aromatic nitrogens is 2. The number of rotatable bonds is 6. The van der Waals surface area contributed by atoms with E-state index in [9.17, 15) is 9.90 Å². The van der Waals surface area contributed by atoms with Crippen LogP contribution in [0.15, 0.2) is 48.4 Å². The number of ether oxygens (including phenoxy) is 1. The first-order valence-corrected chi connectivity index (χ1v) is 7.12. The smallest absolute Gasteiger partial charge is 0.373 e. The zero-order valence-corrected chi connectivity index (χ0v) is 12.4. The molecule has 22 heavy (non-hydrogen) atoms. The van der Waals surface area contributed by atoms with E-state index in [4.69, 9.17) is 4.74 Å². The summed E-state index contributed by atoms with van der Waals surface area (Å²) >= 11 is 0. The second-order valence-electron chi connectivity index (χ2n) is 4.72. The van der Waals surface area contributed by atoms with Crippen molar-refractivity contribution in [2.24, 2.45) is 0 Å². The van der Waals surface area contributed by atoms with Crippen LogP contribution in [-0.4, -0.2) is 27.9 Å². The summed E-state index contributed by atoms with van der Waals surface area (Å²) in [5, 5.41) is 17.4. The van der Waals surface area contributed by atoms with Gasteiger partial charge in [-0.3, -0.25) is 0 Å². The Hall–Kier alpha value is -2.69. The van der Waals surface area contributed by atoms with Crippen LogP contribution in [0.25, 0.3) is 6.08 Å². The van der Waals surface area contributed by atoms with Crippen LogP contribution in [0.5, 0.6) is 0 Å². The summed E-state index contributed by atoms with van der Waals surface area (Å²) in [6.45, 7) is 1.88. The Morgan fingerprint density at radius 1 is 1.23 bits per heavy atom. The van der Waals surface area contributed by atoms with Gasteiger partial charge >= 0.3 is 5.97 Å². The van der Waals surface area contributed by atoms with E-state index < -0.39 is 11.7 Å². The summed E-state index contributed by atoms with van der Waals surface area (Å²) in [7, 11) is 0. The fraction of sp³-hybridized carbons (Fsp3) is 0.235. The van der Waals surface area contributed by atoms with E-state index in [1.54, 1.807) is 19.2 Å². The molecule has 0 radical (unpaired) electrons. The maximum absolute atomic E-state index is 11.4. The number of carbonyl (C=O) groups excluding carboxylic acids is 1. The molecule has 1 N–H and O–H groups in total. The summed E-state index contributed by atoms with van der Waals surface area (Å²) < 4.78 is 4.71. The average Bonchev–Trinajstić information content (AvgIpc) is 2.54. The van der Waals surface area contributed by atoms with Crippen molar-refractivity contribution in [3.63, 3.8) is 0 Å². The van der Waals surface area contributed by atoms with Gasteiger partial charge in [-0.25, -0.2) is 4.79 Å². The number of hydrogen-bond acceptors (Lipinski definition) is 5. The highest BCUT2D eigenvalue weighted by Crippen LogP contribution is 2.09. The van der Waals surface area contributed by atoms with E-state index in [0.717, 1.165) is 18.4 Å². The van der Waals surface area contributed by atoms with Crippen LogP contribution < -0.4 is 0 Å². The molecule has 1 aromatic heterocycles. The zero-order chi connectivity index (χ0) is 15.8. The van der Waals surface area contributed by atoms with Crippen LogP contribution in [-0.2, 0) is 22.4 Å². The van der Waals surface area contributed by atoms with E-state index in [2.05, 4.69) is 22.3 Å². The summed E-state index contributed by atoms with van der Waals surface area (Å²) in [6.07, 6.45) is 4.64. The van der Waals surface area contributed by atoms with Crippen LogP contribution >= 0.6 is 0 Å². The van der Waals surface area contributed by atoms with Crippen LogP contribution in [0.3, 0.4) is 0 Å². The van der Waals surface area contributed by atoms with Crippen molar-refractivity contribution in [2.75, 3.05) is 6.61 Å². The van der Waals surface area contributed by atoms with Gasteiger partial charge in [0, 0.05) is 6.08 Å². The lowest BCUT2D eigenvalue weighted by Crippen LogP contribution is -2.07. The molecule has 2 rings (SSSR count). The Kier molecular flexibility index (Phi) is 5.65. The lowest BCUT2D eigenvalue weighted by Gasteiger charge is -2.03. The minimum atomic E-state index is -0.765. The highest BCUT2D eigenvalue weighted by molar-refractivity contribution is 5.90. The zero-order valence-electron chi connectivity index (χ0n) is 12.4. The summed E-state index contributed by atoms with van der Waals surface area (Å²) in [4.78, 5) is 11.4. The number of aliphatic hydroxyl groups is 1.